The number of aliphatic hydroxyl groups is 1. The Morgan fingerprint density at radius 2 is 0.959 bits per heavy atom. The molecule has 3 amide bonds. The number of nitrogens with one attached hydrogen (secondary N) is 3. The van der Waals surface area contributed by atoms with Gasteiger partial charge in [0.15, 0.2) is 0 Å². The molecule has 74 heavy (non-hydrogen) atoms. The molecule has 7 aromatic rings. The van der Waals surface area contributed by atoms with Crippen LogP contribution in [0.5, 0.6) is 0 Å². The maximum absolute atomic E-state index is 14.7. The molecule has 0 aliphatic heterocycles. The Hall–Kier alpha value is -7.18. The van der Waals surface area contributed by atoms with Gasteiger partial charge in [0.1, 0.15) is 12.1 Å². The van der Waals surface area contributed by atoms with Gasteiger partial charge in [0.2, 0.25) is 17.7 Å². The molecule has 0 aliphatic carbocycles. The van der Waals surface area contributed by atoms with Crippen molar-refractivity contribution < 1.29 is 29.0 Å². The quantitative estimate of drug-likeness (QED) is 0.0173. The van der Waals surface area contributed by atoms with Crippen LogP contribution in [-0.4, -0.2) is 72.1 Å². The number of unbranched alkanes of at least 4 members (excludes halogenated alkanes) is 1. The first-order valence-corrected chi connectivity index (χ1v) is 27.1. The molecule has 0 radical (unpaired) electrons. The number of rotatable bonds is 27. The minimum Gasteiger partial charge on any atom is -0.469 e. The number of esters is 1. The van der Waals surface area contributed by atoms with Crippen LogP contribution in [0.3, 0.4) is 0 Å². The molecule has 0 heterocycles. The van der Waals surface area contributed by atoms with Crippen LogP contribution in [0.25, 0.3) is 0 Å². The smallest absolute Gasteiger partial charge is 0.305 e. The SMILES string of the molecule is COC(=O)CCCCNC(=O)C(CSC(c1ccccc1)(c1ccccc1)c1ccccc1)NC(=O)C(Cc1ccccc1)NC(=O)CC(O)C=CCCSC(c1ccccc1)(c1ccccc1)c1ccccc1. The van der Waals surface area contributed by atoms with Crippen molar-refractivity contribution in [1.82, 2.24) is 16.0 Å². The minimum absolute atomic E-state index is 0.143. The van der Waals surface area contributed by atoms with E-state index in [1.807, 2.05) is 121 Å². The minimum atomic E-state index is -1.11. The van der Waals surface area contributed by atoms with E-state index in [9.17, 15) is 24.3 Å². The number of benzene rings is 7. The molecule has 11 heteroatoms. The number of hydrogen-bond acceptors (Lipinski definition) is 8. The van der Waals surface area contributed by atoms with Crippen LogP contribution in [0.1, 0.15) is 71.0 Å². The van der Waals surface area contributed by atoms with Crippen molar-refractivity contribution in [2.45, 2.75) is 66.2 Å². The zero-order chi connectivity index (χ0) is 51.9. The van der Waals surface area contributed by atoms with Gasteiger partial charge >= 0.3 is 5.97 Å². The lowest BCUT2D eigenvalue weighted by atomic mass is 9.84. The first-order chi connectivity index (χ1) is 36.2. The van der Waals surface area contributed by atoms with Crippen molar-refractivity contribution in [3.63, 3.8) is 0 Å². The number of thioether (sulfide) groups is 2. The number of aliphatic hydroxyl groups excluding tert-OH is 1. The topological polar surface area (TPSA) is 134 Å². The standard InChI is InChI=1S/C63H65N3O6S2/c1-72-59(69)42-23-25-43-64-60(70)57(47-74-63(52-35-17-6-18-36-52,53-37-19-7-20-38-53)54-39-21-8-22-40-54)66-61(71)56(45-48-27-9-2-10-28-48)65-58(68)46-55(67)41-24-26-44-73-62(49-29-11-3-12-30-49,50-31-13-4-14-32-50)51-33-15-5-16-34-51/h2-22,24,27-41,55-57,67H,23,25-26,42-47H2,1H3,(H,64,70)(H,65,68)(H,66,71). The van der Waals surface area contributed by atoms with Crippen molar-refractivity contribution >= 4 is 47.2 Å². The van der Waals surface area contributed by atoms with Gasteiger partial charge in [-0.1, -0.05) is 224 Å². The first kappa shape index (κ1) is 54.6. The second-order valence-corrected chi connectivity index (χ2v) is 20.4. The van der Waals surface area contributed by atoms with Crippen molar-refractivity contribution in [3.05, 3.63) is 263 Å². The Labute approximate surface area is 444 Å². The summed E-state index contributed by atoms with van der Waals surface area (Å²) in [5.74, 6) is -0.911. The average Bonchev–Trinajstić information content (AvgIpc) is 3.46. The van der Waals surface area contributed by atoms with Crippen LogP contribution >= 0.6 is 23.5 Å². The fourth-order valence-electron chi connectivity index (χ4n) is 9.14. The highest BCUT2D eigenvalue weighted by atomic mass is 32.2. The van der Waals surface area contributed by atoms with Crippen LogP contribution in [0.4, 0.5) is 0 Å². The number of carbonyl (C=O) groups is 4. The van der Waals surface area contributed by atoms with Crippen LogP contribution in [0, 0.1) is 0 Å². The fourth-order valence-corrected chi connectivity index (χ4v) is 12.2. The highest BCUT2D eigenvalue weighted by molar-refractivity contribution is 8.00. The van der Waals surface area contributed by atoms with E-state index in [2.05, 4.69) is 125 Å². The zero-order valence-corrected chi connectivity index (χ0v) is 43.4. The van der Waals surface area contributed by atoms with E-state index in [1.165, 1.54) is 18.9 Å². The van der Waals surface area contributed by atoms with Crippen LogP contribution in [0.15, 0.2) is 224 Å². The normalized spacial score (nSPS) is 12.8. The summed E-state index contributed by atoms with van der Waals surface area (Å²) in [6, 6.07) is 69.0. The summed E-state index contributed by atoms with van der Waals surface area (Å²) < 4.78 is 3.52. The number of methoxy groups -OCH3 is 1. The third-order valence-electron chi connectivity index (χ3n) is 12.8. The van der Waals surface area contributed by atoms with E-state index in [-0.39, 0.29) is 37.5 Å². The summed E-state index contributed by atoms with van der Waals surface area (Å²) in [5, 5.41) is 20.2. The molecule has 0 saturated carbocycles. The van der Waals surface area contributed by atoms with Gasteiger partial charge in [-0.2, -0.15) is 0 Å². The van der Waals surface area contributed by atoms with Gasteiger partial charge in [0.05, 0.1) is 29.1 Å². The van der Waals surface area contributed by atoms with Crippen molar-refractivity contribution in [3.8, 4) is 0 Å². The Morgan fingerprint density at radius 3 is 1.39 bits per heavy atom. The molecule has 0 spiro atoms. The molecule has 0 aliphatic rings. The van der Waals surface area contributed by atoms with Gasteiger partial charge in [-0.05, 0) is 64.0 Å². The van der Waals surface area contributed by atoms with E-state index in [0.717, 1.165) is 44.7 Å². The first-order valence-electron chi connectivity index (χ1n) is 25.2. The predicted molar refractivity (Wildman–Crippen MR) is 301 cm³/mol. The van der Waals surface area contributed by atoms with E-state index < -0.39 is 45.4 Å². The Kier molecular flexibility index (Phi) is 20.9. The molecule has 0 fully saturated rings. The Balaban J connectivity index is 1.08. The summed E-state index contributed by atoms with van der Waals surface area (Å²) in [4.78, 5) is 54.7. The monoisotopic (exact) mass is 1020 g/mol. The lowest BCUT2D eigenvalue weighted by Gasteiger charge is -2.36. The number of hydrogen-bond donors (Lipinski definition) is 4. The summed E-state index contributed by atoms with van der Waals surface area (Å²) in [6.45, 7) is 0.274. The maximum Gasteiger partial charge on any atom is 0.305 e. The van der Waals surface area contributed by atoms with Gasteiger partial charge in [-0.15, -0.1) is 23.5 Å². The number of ether oxygens (including phenoxy) is 1. The molecule has 0 aromatic heterocycles. The number of carbonyl (C=O) groups excluding carboxylic acids is 4. The van der Waals surface area contributed by atoms with Gasteiger partial charge < -0.3 is 25.8 Å². The summed E-state index contributed by atoms with van der Waals surface area (Å²) in [7, 11) is 1.35. The molecule has 380 valence electrons. The molecule has 3 unspecified atom stereocenters. The van der Waals surface area contributed by atoms with Crippen LogP contribution < -0.4 is 16.0 Å². The molecule has 9 nitrogen and oxygen atoms in total. The fraction of sp³-hybridized carbons (Fsp3) is 0.238. The van der Waals surface area contributed by atoms with E-state index >= 15 is 0 Å². The van der Waals surface area contributed by atoms with Gasteiger partial charge in [0.25, 0.3) is 0 Å². The predicted octanol–water partition coefficient (Wildman–Crippen LogP) is 10.8. The largest absolute Gasteiger partial charge is 0.469 e. The Bertz CT molecular complexity index is 2630. The lowest BCUT2D eigenvalue weighted by molar-refractivity contribution is -0.140. The van der Waals surface area contributed by atoms with E-state index in [0.29, 0.717) is 19.3 Å². The summed E-state index contributed by atoms with van der Waals surface area (Å²) >= 11 is 3.36. The molecule has 4 N–H and O–H groups in total. The summed E-state index contributed by atoms with van der Waals surface area (Å²) in [6.07, 6.45) is 4.19. The molecular weight excluding hydrogens is 959 g/mol. The highest BCUT2D eigenvalue weighted by Gasteiger charge is 2.40. The second kappa shape index (κ2) is 28.3. The molecule has 3 atom stereocenters. The van der Waals surface area contributed by atoms with Gasteiger partial charge in [-0.25, -0.2) is 0 Å². The molecule has 0 bridgehead atoms. The third-order valence-corrected chi connectivity index (χ3v) is 16.0. The van der Waals surface area contributed by atoms with Gasteiger partial charge in [0, 0.05) is 25.1 Å². The molecule has 7 aromatic carbocycles. The second-order valence-electron chi connectivity index (χ2n) is 17.9. The highest BCUT2D eigenvalue weighted by Crippen LogP contribution is 2.50. The third kappa shape index (κ3) is 14.7. The number of amides is 3. The van der Waals surface area contributed by atoms with Crippen molar-refractivity contribution in [2.24, 2.45) is 0 Å². The maximum atomic E-state index is 14.7. The van der Waals surface area contributed by atoms with E-state index in [4.69, 9.17) is 4.74 Å². The molecule has 7 rings (SSSR count). The zero-order valence-electron chi connectivity index (χ0n) is 41.8. The lowest BCUT2D eigenvalue weighted by Crippen LogP contribution is -2.55. The van der Waals surface area contributed by atoms with Crippen LogP contribution in [-0.2, 0) is 39.8 Å². The molecule has 0 saturated heterocycles. The molecular formula is C63H65N3O6S2. The van der Waals surface area contributed by atoms with E-state index in [1.54, 1.807) is 6.08 Å². The summed E-state index contributed by atoms with van der Waals surface area (Å²) in [5.41, 5.74) is 7.28. The van der Waals surface area contributed by atoms with Crippen molar-refractivity contribution in [2.75, 3.05) is 25.2 Å². The Morgan fingerprint density at radius 1 is 0.541 bits per heavy atom. The number of allylic oxidation sites excluding steroid dienone is 1. The average molecular weight is 1020 g/mol. The van der Waals surface area contributed by atoms with Crippen LogP contribution in [0.2, 0.25) is 0 Å². The van der Waals surface area contributed by atoms with Gasteiger partial charge in [-0.3, -0.25) is 19.2 Å². The van der Waals surface area contributed by atoms with Crippen molar-refractivity contribution in [1.29, 1.82) is 0 Å².